The second-order valence-corrected chi connectivity index (χ2v) is 8.43. The molecule has 0 spiro atoms. The minimum Gasteiger partial charge on any atom is -0.462 e. The Morgan fingerprint density at radius 2 is 1.97 bits per heavy atom. The van der Waals surface area contributed by atoms with Gasteiger partial charge in [0.2, 0.25) is 0 Å². The molecule has 3 aromatic rings. The SMILES string of the molecule is CCOC(=O)c1c(NC(=O)/C(C#N)=C\c2ccc(-c3ccccc3)o2)sc2c1CCCC2. The number of benzene rings is 1. The Labute approximate surface area is 190 Å². The summed E-state index contributed by atoms with van der Waals surface area (Å²) in [5, 5.41) is 12.8. The van der Waals surface area contributed by atoms with Crippen molar-refractivity contribution in [2.24, 2.45) is 0 Å². The predicted molar refractivity (Wildman–Crippen MR) is 123 cm³/mol. The first-order valence-corrected chi connectivity index (χ1v) is 11.3. The number of nitrogens with zero attached hydrogens (tertiary/aromatic N) is 1. The highest BCUT2D eigenvalue weighted by molar-refractivity contribution is 7.17. The smallest absolute Gasteiger partial charge is 0.341 e. The number of ether oxygens (including phenoxy) is 1. The van der Waals surface area contributed by atoms with Gasteiger partial charge in [-0.25, -0.2) is 4.79 Å². The summed E-state index contributed by atoms with van der Waals surface area (Å²) < 4.78 is 11.0. The van der Waals surface area contributed by atoms with E-state index in [1.54, 1.807) is 19.1 Å². The first kappa shape index (κ1) is 21.6. The molecule has 1 aliphatic rings. The Bertz CT molecular complexity index is 1210. The quantitative estimate of drug-likeness (QED) is 0.302. The standard InChI is InChI=1S/C25H22N2O4S/c1-2-30-25(29)22-19-10-6-7-11-21(19)32-24(22)27-23(28)17(15-26)14-18-12-13-20(31-18)16-8-4-3-5-9-16/h3-5,8-9,12-14H,2,6-7,10-11H2,1H3,(H,27,28)/b17-14-. The number of nitrogens with one attached hydrogen (secondary N) is 1. The van der Waals surface area contributed by atoms with Crippen LogP contribution in [0.4, 0.5) is 5.00 Å². The van der Waals surface area contributed by atoms with Gasteiger partial charge in [-0.15, -0.1) is 11.3 Å². The van der Waals surface area contributed by atoms with Gasteiger partial charge in [0, 0.05) is 16.5 Å². The van der Waals surface area contributed by atoms with Gasteiger partial charge in [0.1, 0.15) is 28.2 Å². The van der Waals surface area contributed by atoms with Crippen molar-refractivity contribution in [2.75, 3.05) is 11.9 Å². The minimum atomic E-state index is -0.589. The monoisotopic (exact) mass is 446 g/mol. The summed E-state index contributed by atoms with van der Waals surface area (Å²) in [6.07, 6.45) is 5.10. The highest BCUT2D eigenvalue weighted by atomic mass is 32.1. The summed E-state index contributed by atoms with van der Waals surface area (Å²) in [6.45, 7) is 2.00. The molecule has 1 aromatic carbocycles. The van der Waals surface area contributed by atoms with Crippen LogP contribution in [0.5, 0.6) is 0 Å². The minimum absolute atomic E-state index is 0.111. The Balaban J connectivity index is 1.59. The van der Waals surface area contributed by atoms with Crippen LogP contribution in [0.3, 0.4) is 0 Å². The maximum atomic E-state index is 12.9. The molecular formula is C25H22N2O4S. The van der Waals surface area contributed by atoms with E-state index >= 15 is 0 Å². The van der Waals surface area contributed by atoms with Crippen molar-refractivity contribution in [2.45, 2.75) is 32.6 Å². The van der Waals surface area contributed by atoms with E-state index in [4.69, 9.17) is 9.15 Å². The van der Waals surface area contributed by atoms with E-state index in [0.717, 1.165) is 41.7 Å². The molecule has 0 bridgehead atoms. The third kappa shape index (κ3) is 4.51. The van der Waals surface area contributed by atoms with Gasteiger partial charge in [0.15, 0.2) is 0 Å². The number of carbonyl (C=O) groups is 2. The van der Waals surface area contributed by atoms with Crippen LogP contribution in [0.1, 0.15) is 46.3 Å². The average molecular weight is 447 g/mol. The van der Waals surface area contributed by atoms with Crippen molar-refractivity contribution < 1.29 is 18.7 Å². The van der Waals surface area contributed by atoms with Gasteiger partial charge in [0.05, 0.1) is 12.2 Å². The predicted octanol–water partition coefficient (Wildman–Crippen LogP) is 5.61. The zero-order chi connectivity index (χ0) is 22.5. The molecule has 0 atom stereocenters. The fourth-order valence-electron chi connectivity index (χ4n) is 3.72. The molecule has 7 heteroatoms. The second kappa shape index (κ2) is 9.67. The van der Waals surface area contributed by atoms with Crippen molar-refractivity contribution in [1.29, 1.82) is 5.26 Å². The number of nitriles is 1. The number of aryl methyl sites for hydroxylation is 1. The van der Waals surface area contributed by atoms with Crippen molar-refractivity contribution in [3.63, 3.8) is 0 Å². The van der Waals surface area contributed by atoms with Gasteiger partial charge in [-0.05, 0) is 50.3 Å². The maximum absolute atomic E-state index is 12.9. The summed E-state index contributed by atoms with van der Waals surface area (Å²) in [4.78, 5) is 26.6. The van der Waals surface area contributed by atoms with E-state index in [0.29, 0.717) is 22.1 Å². The molecule has 0 saturated heterocycles. The number of fused-ring (bicyclic) bond motifs is 1. The van der Waals surface area contributed by atoms with Gasteiger partial charge in [0.25, 0.3) is 5.91 Å². The van der Waals surface area contributed by atoms with Crippen LogP contribution < -0.4 is 5.32 Å². The first-order valence-electron chi connectivity index (χ1n) is 10.5. The van der Waals surface area contributed by atoms with Gasteiger partial charge >= 0.3 is 5.97 Å². The fraction of sp³-hybridized carbons (Fsp3) is 0.240. The molecule has 0 aliphatic heterocycles. The lowest BCUT2D eigenvalue weighted by Crippen LogP contribution is -2.16. The number of hydrogen-bond acceptors (Lipinski definition) is 6. The topological polar surface area (TPSA) is 92.3 Å². The van der Waals surface area contributed by atoms with E-state index in [2.05, 4.69) is 5.32 Å². The van der Waals surface area contributed by atoms with Gasteiger partial charge in [-0.2, -0.15) is 5.26 Å². The van der Waals surface area contributed by atoms with Crippen molar-refractivity contribution in [3.05, 3.63) is 69.8 Å². The Morgan fingerprint density at radius 3 is 2.72 bits per heavy atom. The Kier molecular flexibility index (Phi) is 6.52. The lowest BCUT2D eigenvalue weighted by molar-refractivity contribution is -0.112. The van der Waals surface area contributed by atoms with Crippen LogP contribution in [0.15, 0.2) is 52.5 Å². The molecule has 0 fully saturated rings. The molecule has 1 amide bonds. The van der Waals surface area contributed by atoms with Crippen LogP contribution >= 0.6 is 11.3 Å². The molecule has 2 aromatic heterocycles. The highest BCUT2D eigenvalue weighted by Gasteiger charge is 2.27. The second-order valence-electron chi connectivity index (χ2n) is 7.33. The van der Waals surface area contributed by atoms with Crippen LogP contribution in [0.2, 0.25) is 0 Å². The number of furan rings is 1. The zero-order valence-corrected chi connectivity index (χ0v) is 18.5. The van der Waals surface area contributed by atoms with Crippen LogP contribution in [-0.2, 0) is 22.4 Å². The number of hydrogen-bond donors (Lipinski definition) is 1. The molecule has 0 saturated carbocycles. The van der Waals surface area contributed by atoms with Gasteiger partial charge in [-0.1, -0.05) is 30.3 Å². The van der Waals surface area contributed by atoms with E-state index in [1.807, 2.05) is 36.4 Å². The van der Waals surface area contributed by atoms with Crippen molar-refractivity contribution >= 4 is 34.3 Å². The molecule has 0 radical (unpaired) electrons. The molecule has 1 aliphatic carbocycles. The van der Waals surface area contributed by atoms with Gasteiger partial charge in [-0.3, -0.25) is 4.79 Å². The number of esters is 1. The Morgan fingerprint density at radius 1 is 1.19 bits per heavy atom. The van der Waals surface area contributed by atoms with Gasteiger partial charge < -0.3 is 14.5 Å². The van der Waals surface area contributed by atoms with E-state index < -0.39 is 11.9 Å². The van der Waals surface area contributed by atoms with E-state index in [1.165, 1.54) is 17.4 Å². The first-order chi connectivity index (χ1) is 15.6. The summed E-state index contributed by atoms with van der Waals surface area (Å²) in [5.41, 5.74) is 2.16. The third-order valence-electron chi connectivity index (χ3n) is 5.21. The van der Waals surface area contributed by atoms with Crippen LogP contribution in [0, 0.1) is 11.3 Å². The van der Waals surface area contributed by atoms with E-state index in [-0.39, 0.29) is 12.2 Å². The lowest BCUT2D eigenvalue weighted by Gasteiger charge is -2.12. The summed E-state index contributed by atoms with van der Waals surface area (Å²) >= 11 is 1.39. The molecule has 32 heavy (non-hydrogen) atoms. The molecule has 162 valence electrons. The highest BCUT2D eigenvalue weighted by Crippen LogP contribution is 2.38. The number of rotatable bonds is 6. The number of thiophene rings is 1. The van der Waals surface area contributed by atoms with E-state index in [9.17, 15) is 14.9 Å². The molecule has 4 rings (SSSR count). The number of amides is 1. The molecular weight excluding hydrogens is 424 g/mol. The number of anilines is 1. The normalized spacial score (nSPS) is 13.2. The largest absolute Gasteiger partial charge is 0.462 e. The third-order valence-corrected chi connectivity index (χ3v) is 6.42. The molecule has 6 nitrogen and oxygen atoms in total. The summed E-state index contributed by atoms with van der Waals surface area (Å²) in [7, 11) is 0. The molecule has 0 unspecified atom stereocenters. The molecule has 2 heterocycles. The summed E-state index contributed by atoms with van der Waals surface area (Å²) in [5.74, 6) is 0.00857. The number of carbonyl (C=O) groups excluding carboxylic acids is 2. The van der Waals surface area contributed by atoms with Crippen molar-refractivity contribution in [1.82, 2.24) is 0 Å². The summed E-state index contributed by atoms with van der Waals surface area (Å²) in [6, 6.07) is 15.0. The maximum Gasteiger partial charge on any atom is 0.341 e. The average Bonchev–Trinajstić information content (AvgIpc) is 3.42. The van der Waals surface area contributed by atoms with Crippen LogP contribution in [-0.4, -0.2) is 18.5 Å². The Hall–Kier alpha value is -3.63. The molecule has 1 N–H and O–H groups in total. The van der Waals surface area contributed by atoms with Crippen molar-refractivity contribution in [3.8, 4) is 17.4 Å². The lowest BCUT2D eigenvalue weighted by atomic mass is 9.95. The zero-order valence-electron chi connectivity index (χ0n) is 17.6. The fourth-order valence-corrected chi connectivity index (χ4v) is 4.99. The van der Waals surface area contributed by atoms with Crippen LogP contribution in [0.25, 0.3) is 17.4 Å².